The Hall–Kier alpha value is -2.81. The second kappa shape index (κ2) is 10.4. The summed E-state index contributed by atoms with van der Waals surface area (Å²) in [6.45, 7) is 6.11. The summed E-state index contributed by atoms with van der Waals surface area (Å²) in [5, 5.41) is 0.486. The summed E-state index contributed by atoms with van der Waals surface area (Å²) in [5.74, 6) is 0.384. The van der Waals surface area contributed by atoms with Gasteiger partial charge in [-0.15, -0.1) is 0 Å². The van der Waals surface area contributed by atoms with E-state index in [2.05, 4.69) is 15.9 Å². The van der Waals surface area contributed by atoms with Crippen LogP contribution in [0.2, 0.25) is 0 Å². The number of nitrogens with zero attached hydrogens (tertiary/aromatic N) is 3. The zero-order valence-electron chi connectivity index (χ0n) is 20.0. The molecule has 0 fully saturated rings. The molecule has 182 valence electrons. The number of halogens is 1. The molecule has 3 aromatic carbocycles. The molecule has 4 aromatic rings. The Morgan fingerprint density at radius 3 is 2.31 bits per heavy atom. The van der Waals surface area contributed by atoms with Gasteiger partial charge in [-0.25, -0.2) is 13.4 Å². The SMILES string of the molecule is CCCCN(C(C)c1nc2ccccc2c(=O)n1-c1ccc(C)cc1)S(=O)(=O)c1ccc(Br)cc1. The quantitative estimate of drug-likeness (QED) is 0.268. The number of hydrogen-bond acceptors (Lipinski definition) is 4. The molecule has 0 aliphatic carbocycles. The van der Waals surface area contributed by atoms with E-state index >= 15 is 0 Å². The molecule has 0 N–H and O–H groups in total. The van der Waals surface area contributed by atoms with Gasteiger partial charge >= 0.3 is 0 Å². The fraction of sp³-hybridized carbons (Fsp3) is 0.259. The van der Waals surface area contributed by atoms with Gasteiger partial charge in [0.1, 0.15) is 5.82 Å². The number of hydrogen-bond donors (Lipinski definition) is 0. The molecule has 6 nitrogen and oxygen atoms in total. The predicted molar refractivity (Wildman–Crippen MR) is 143 cm³/mol. The lowest BCUT2D eigenvalue weighted by Gasteiger charge is -2.29. The summed E-state index contributed by atoms with van der Waals surface area (Å²) in [4.78, 5) is 18.7. The average Bonchev–Trinajstić information content (AvgIpc) is 2.85. The first-order valence-corrected chi connectivity index (χ1v) is 13.8. The van der Waals surface area contributed by atoms with Crippen molar-refractivity contribution in [1.82, 2.24) is 13.9 Å². The maximum Gasteiger partial charge on any atom is 0.266 e. The summed E-state index contributed by atoms with van der Waals surface area (Å²) in [6.07, 6.45) is 1.51. The van der Waals surface area contributed by atoms with E-state index in [4.69, 9.17) is 4.98 Å². The Kier molecular flexibility index (Phi) is 7.54. The number of sulfonamides is 1. The Morgan fingerprint density at radius 1 is 1.00 bits per heavy atom. The molecular formula is C27H28BrN3O3S. The first-order valence-electron chi connectivity index (χ1n) is 11.6. The first-order chi connectivity index (χ1) is 16.7. The standard InChI is InChI=1S/C27H28BrN3O3S/c1-4-5-18-30(35(33,34)23-16-12-21(28)13-17-23)20(3)26-29-25-9-7-6-8-24(25)27(32)31(26)22-14-10-19(2)11-15-22/h6-17,20H,4-5,18H2,1-3H3. The molecule has 0 amide bonds. The van der Waals surface area contributed by atoms with Crippen LogP contribution in [0, 0.1) is 6.92 Å². The van der Waals surface area contributed by atoms with E-state index < -0.39 is 16.1 Å². The summed E-state index contributed by atoms with van der Waals surface area (Å²) in [6, 6.07) is 20.7. The lowest BCUT2D eigenvalue weighted by Crippen LogP contribution is -2.38. The number of aryl methyl sites for hydroxylation is 1. The molecule has 1 unspecified atom stereocenters. The predicted octanol–water partition coefficient (Wildman–Crippen LogP) is 6.01. The monoisotopic (exact) mass is 553 g/mol. The number of para-hydroxylation sites is 1. The molecule has 1 aromatic heterocycles. The van der Waals surface area contributed by atoms with Crippen LogP contribution >= 0.6 is 15.9 Å². The maximum absolute atomic E-state index is 13.8. The fourth-order valence-electron chi connectivity index (χ4n) is 4.08. The Labute approximate surface area is 214 Å². The highest BCUT2D eigenvalue weighted by Gasteiger charge is 2.32. The molecule has 0 aliphatic heterocycles. The van der Waals surface area contributed by atoms with Gasteiger partial charge in [-0.1, -0.05) is 59.1 Å². The molecular weight excluding hydrogens is 526 g/mol. The van der Waals surface area contributed by atoms with Gasteiger partial charge in [-0.3, -0.25) is 9.36 Å². The van der Waals surface area contributed by atoms with Gasteiger partial charge < -0.3 is 0 Å². The normalized spacial score (nSPS) is 12.8. The van der Waals surface area contributed by atoms with Crippen molar-refractivity contribution in [3.8, 4) is 5.69 Å². The lowest BCUT2D eigenvalue weighted by atomic mass is 10.1. The van der Waals surface area contributed by atoms with Gasteiger partial charge in [0, 0.05) is 11.0 Å². The number of unbranched alkanes of at least 4 members (excludes halogenated alkanes) is 1. The van der Waals surface area contributed by atoms with Crippen molar-refractivity contribution >= 4 is 36.9 Å². The number of benzene rings is 3. The topological polar surface area (TPSA) is 72.3 Å². The van der Waals surface area contributed by atoms with E-state index in [1.807, 2.05) is 44.2 Å². The molecule has 0 aliphatic rings. The molecule has 1 heterocycles. The molecule has 4 rings (SSSR count). The third kappa shape index (κ3) is 5.10. The van der Waals surface area contributed by atoms with Crippen LogP contribution in [0.15, 0.2) is 87.0 Å². The van der Waals surface area contributed by atoms with Crippen LogP contribution in [-0.2, 0) is 10.0 Å². The minimum atomic E-state index is -3.85. The minimum Gasteiger partial charge on any atom is -0.268 e. The van der Waals surface area contributed by atoms with Crippen LogP contribution in [0.1, 0.15) is 44.1 Å². The first kappa shape index (κ1) is 25.3. The molecule has 1 atom stereocenters. The van der Waals surface area contributed by atoms with Crippen LogP contribution in [0.5, 0.6) is 0 Å². The lowest BCUT2D eigenvalue weighted by molar-refractivity contribution is 0.322. The molecule has 0 saturated carbocycles. The van der Waals surface area contributed by atoms with E-state index in [9.17, 15) is 13.2 Å². The highest BCUT2D eigenvalue weighted by Crippen LogP contribution is 2.29. The van der Waals surface area contributed by atoms with Crippen LogP contribution in [0.3, 0.4) is 0 Å². The van der Waals surface area contributed by atoms with Crippen LogP contribution in [0.25, 0.3) is 16.6 Å². The highest BCUT2D eigenvalue weighted by molar-refractivity contribution is 9.10. The van der Waals surface area contributed by atoms with Crippen molar-refractivity contribution < 1.29 is 8.42 Å². The second-order valence-electron chi connectivity index (χ2n) is 8.56. The Bertz CT molecular complexity index is 1500. The van der Waals surface area contributed by atoms with E-state index in [1.165, 1.54) is 4.31 Å². The molecule has 35 heavy (non-hydrogen) atoms. The van der Waals surface area contributed by atoms with Gasteiger partial charge in [-0.05, 0) is 68.8 Å². The summed E-state index contributed by atoms with van der Waals surface area (Å²) < 4.78 is 31.4. The van der Waals surface area contributed by atoms with E-state index in [0.29, 0.717) is 35.4 Å². The van der Waals surface area contributed by atoms with Crippen molar-refractivity contribution in [2.24, 2.45) is 0 Å². The highest BCUT2D eigenvalue weighted by atomic mass is 79.9. The Balaban J connectivity index is 1.94. The summed E-state index contributed by atoms with van der Waals surface area (Å²) in [5.41, 5.74) is 2.03. The van der Waals surface area contributed by atoms with Gasteiger partial charge in [0.05, 0.1) is 27.5 Å². The van der Waals surface area contributed by atoms with Gasteiger partial charge in [0.2, 0.25) is 10.0 Å². The van der Waals surface area contributed by atoms with Gasteiger partial charge in [0.15, 0.2) is 0 Å². The summed E-state index contributed by atoms with van der Waals surface area (Å²) in [7, 11) is -3.85. The third-order valence-electron chi connectivity index (χ3n) is 6.05. The largest absolute Gasteiger partial charge is 0.268 e. The number of rotatable bonds is 8. The fourth-order valence-corrected chi connectivity index (χ4v) is 5.98. The van der Waals surface area contributed by atoms with E-state index in [0.717, 1.165) is 16.5 Å². The number of aromatic nitrogens is 2. The Morgan fingerprint density at radius 2 is 1.66 bits per heavy atom. The van der Waals surface area contributed by atoms with Crippen molar-refractivity contribution in [1.29, 1.82) is 0 Å². The van der Waals surface area contributed by atoms with Crippen LogP contribution in [0.4, 0.5) is 0 Å². The van der Waals surface area contributed by atoms with Crippen molar-refractivity contribution in [3.05, 3.63) is 99.0 Å². The van der Waals surface area contributed by atoms with E-state index in [-0.39, 0.29) is 10.5 Å². The van der Waals surface area contributed by atoms with Crippen molar-refractivity contribution in [2.45, 2.75) is 44.6 Å². The van der Waals surface area contributed by atoms with E-state index in [1.54, 1.807) is 54.0 Å². The van der Waals surface area contributed by atoms with Gasteiger partial charge in [-0.2, -0.15) is 4.31 Å². The molecule has 0 bridgehead atoms. The molecule has 0 spiro atoms. The van der Waals surface area contributed by atoms with Crippen molar-refractivity contribution in [3.63, 3.8) is 0 Å². The number of fused-ring (bicyclic) bond motifs is 1. The second-order valence-corrected chi connectivity index (χ2v) is 11.4. The summed E-state index contributed by atoms with van der Waals surface area (Å²) >= 11 is 3.37. The van der Waals surface area contributed by atoms with Crippen LogP contribution < -0.4 is 5.56 Å². The average molecular weight is 555 g/mol. The molecule has 0 radical (unpaired) electrons. The zero-order chi connectivity index (χ0) is 25.2. The molecule has 8 heteroatoms. The maximum atomic E-state index is 13.8. The minimum absolute atomic E-state index is 0.202. The van der Waals surface area contributed by atoms with Gasteiger partial charge in [0.25, 0.3) is 5.56 Å². The molecule has 0 saturated heterocycles. The third-order valence-corrected chi connectivity index (χ3v) is 8.56. The zero-order valence-corrected chi connectivity index (χ0v) is 22.4. The van der Waals surface area contributed by atoms with Crippen molar-refractivity contribution in [2.75, 3.05) is 6.54 Å². The van der Waals surface area contributed by atoms with Crippen LogP contribution in [-0.4, -0.2) is 28.8 Å². The smallest absolute Gasteiger partial charge is 0.266 e.